The van der Waals surface area contributed by atoms with Gasteiger partial charge in [-0.2, -0.15) is 0 Å². The number of halogens is 1. The van der Waals surface area contributed by atoms with Crippen LogP contribution in [0.1, 0.15) is 55.7 Å². The highest BCUT2D eigenvalue weighted by Gasteiger charge is 2.28. The van der Waals surface area contributed by atoms with Crippen molar-refractivity contribution in [2.24, 2.45) is 0 Å². The third-order valence-corrected chi connectivity index (χ3v) is 7.10. The Bertz CT molecular complexity index is 940. The zero-order valence-corrected chi connectivity index (χ0v) is 20.8. The second-order valence-corrected chi connectivity index (χ2v) is 9.52. The Hall–Kier alpha value is -2.34. The van der Waals surface area contributed by atoms with Gasteiger partial charge in [-0.1, -0.05) is 59.5 Å². The molecule has 0 aromatic heterocycles. The molecule has 5 nitrogen and oxygen atoms in total. The van der Waals surface area contributed by atoms with Gasteiger partial charge in [0.15, 0.2) is 6.61 Å². The standard InChI is InChI=1S/C26H33BrN2O3/c1-18-9-7-8-10-21(18)16-29(20(3)26(31)28-22-11-5-4-6-12-22)25(30)17-32-23-13-14-24(27)19(2)15-23/h7-10,13-15,20,22H,4-6,11-12,16-17H2,1-3H3,(H,28,31)/t20-/m0/s1. The summed E-state index contributed by atoms with van der Waals surface area (Å²) in [6.07, 6.45) is 5.54. The van der Waals surface area contributed by atoms with Crippen molar-refractivity contribution in [2.45, 2.75) is 71.5 Å². The molecular formula is C26H33BrN2O3. The fourth-order valence-electron chi connectivity index (χ4n) is 4.06. The van der Waals surface area contributed by atoms with Gasteiger partial charge >= 0.3 is 0 Å². The van der Waals surface area contributed by atoms with Crippen molar-refractivity contribution in [2.75, 3.05) is 6.61 Å². The molecule has 2 amide bonds. The number of amides is 2. The van der Waals surface area contributed by atoms with Gasteiger partial charge in [0, 0.05) is 17.1 Å². The van der Waals surface area contributed by atoms with Gasteiger partial charge in [0.2, 0.25) is 5.91 Å². The number of carbonyl (C=O) groups excluding carboxylic acids is 2. The fourth-order valence-corrected chi connectivity index (χ4v) is 4.30. The molecule has 32 heavy (non-hydrogen) atoms. The Labute approximate surface area is 199 Å². The van der Waals surface area contributed by atoms with E-state index in [9.17, 15) is 9.59 Å². The summed E-state index contributed by atoms with van der Waals surface area (Å²) in [4.78, 5) is 27.9. The Morgan fingerprint density at radius 3 is 2.50 bits per heavy atom. The Morgan fingerprint density at radius 1 is 1.09 bits per heavy atom. The number of hydrogen-bond acceptors (Lipinski definition) is 3. The topological polar surface area (TPSA) is 58.6 Å². The first-order valence-corrected chi connectivity index (χ1v) is 12.2. The molecule has 3 rings (SSSR count). The van der Waals surface area contributed by atoms with Crippen LogP contribution in [0.3, 0.4) is 0 Å². The minimum atomic E-state index is -0.584. The van der Waals surface area contributed by atoms with Crippen molar-refractivity contribution < 1.29 is 14.3 Å². The third kappa shape index (κ3) is 6.58. The van der Waals surface area contributed by atoms with Gasteiger partial charge < -0.3 is 15.0 Å². The van der Waals surface area contributed by atoms with Gasteiger partial charge in [0.25, 0.3) is 5.91 Å². The molecule has 0 aliphatic heterocycles. The molecule has 0 spiro atoms. The lowest BCUT2D eigenvalue weighted by molar-refractivity contribution is -0.142. The molecule has 0 unspecified atom stereocenters. The summed E-state index contributed by atoms with van der Waals surface area (Å²) in [6, 6.07) is 13.2. The average molecular weight is 501 g/mol. The van der Waals surface area contributed by atoms with Gasteiger partial charge in [0.05, 0.1) is 0 Å². The van der Waals surface area contributed by atoms with Gasteiger partial charge in [-0.15, -0.1) is 0 Å². The monoisotopic (exact) mass is 500 g/mol. The van der Waals surface area contributed by atoms with E-state index in [2.05, 4.69) is 21.2 Å². The maximum absolute atomic E-state index is 13.2. The van der Waals surface area contributed by atoms with Crippen LogP contribution in [0, 0.1) is 13.8 Å². The Morgan fingerprint density at radius 2 is 1.81 bits per heavy atom. The van der Waals surface area contributed by atoms with Gasteiger partial charge in [-0.25, -0.2) is 0 Å². The van der Waals surface area contributed by atoms with Crippen LogP contribution in [0.4, 0.5) is 0 Å². The van der Waals surface area contributed by atoms with E-state index >= 15 is 0 Å². The molecule has 0 radical (unpaired) electrons. The molecule has 2 aromatic rings. The molecule has 0 saturated heterocycles. The predicted molar refractivity (Wildman–Crippen MR) is 131 cm³/mol. The highest BCUT2D eigenvalue weighted by Crippen LogP contribution is 2.22. The zero-order chi connectivity index (χ0) is 23.1. The second-order valence-electron chi connectivity index (χ2n) is 8.67. The first kappa shape index (κ1) is 24.3. The van der Waals surface area contributed by atoms with Gasteiger partial charge in [-0.3, -0.25) is 9.59 Å². The summed E-state index contributed by atoms with van der Waals surface area (Å²) in [5, 5.41) is 3.16. The van der Waals surface area contributed by atoms with E-state index in [0.717, 1.165) is 46.8 Å². The maximum atomic E-state index is 13.2. The van der Waals surface area contributed by atoms with Crippen LogP contribution in [0.5, 0.6) is 5.75 Å². The van der Waals surface area contributed by atoms with E-state index in [1.54, 1.807) is 11.8 Å². The summed E-state index contributed by atoms with van der Waals surface area (Å²) in [5.41, 5.74) is 3.15. The highest BCUT2D eigenvalue weighted by atomic mass is 79.9. The number of hydrogen-bond donors (Lipinski definition) is 1. The molecule has 1 aliphatic carbocycles. The van der Waals surface area contributed by atoms with Crippen molar-refractivity contribution in [3.05, 3.63) is 63.6 Å². The summed E-state index contributed by atoms with van der Waals surface area (Å²) >= 11 is 3.48. The minimum absolute atomic E-state index is 0.0988. The van der Waals surface area contributed by atoms with Gasteiger partial charge in [0.1, 0.15) is 11.8 Å². The fraction of sp³-hybridized carbons (Fsp3) is 0.462. The molecule has 1 fully saturated rings. The number of nitrogens with zero attached hydrogens (tertiary/aromatic N) is 1. The van der Waals surface area contributed by atoms with Crippen LogP contribution in [-0.2, 0) is 16.1 Å². The quantitative estimate of drug-likeness (QED) is 0.534. The summed E-state index contributed by atoms with van der Waals surface area (Å²) in [6.45, 7) is 6.05. The third-order valence-electron chi connectivity index (χ3n) is 6.21. The van der Waals surface area contributed by atoms with E-state index in [-0.39, 0.29) is 24.5 Å². The number of aryl methyl sites for hydroxylation is 2. The normalized spacial score (nSPS) is 15.1. The number of benzene rings is 2. The van der Waals surface area contributed by atoms with Crippen molar-refractivity contribution in [1.29, 1.82) is 0 Å². The molecule has 1 N–H and O–H groups in total. The van der Waals surface area contributed by atoms with Crippen LogP contribution in [0.15, 0.2) is 46.9 Å². The lowest BCUT2D eigenvalue weighted by atomic mass is 9.95. The smallest absolute Gasteiger partial charge is 0.261 e. The number of rotatable bonds is 8. The molecule has 1 atom stereocenters. The van der Waals surface area contributed by atoms with E-state index in [1.165, 1.54) is 6.42 Å². The van der Waals surface area contributed by atoms with Crippen molar-refractivity contribution in [1.82, 2.24) is 10.2 Å². The molecule has 0 heterocycles. The molecule has 1 saturated carbocycles. The Kier molecular flexibility index (Phi) is 8.74. The first-order chi connectivity index (χ1) is 15.3. The first-order valence-electron chi connectivity index (χ1n) is 11.4. The summed E-state index contributed by atoms with van der Waals surface area (Å²) in [5.74, 6) is 0.327. The predicted octanol–water partition coefficient (Wildman–Crippen LogP) is 5.31. The van der Waals surface area contributed by atoms with Crippen LogP contribution in [0.2, 0.25) is 0 Å². The lowest BCUT2D eigenvalue weighted by Gasteiger charge is -2.31. The number of carbonyl (C=O) groups is 2. The van der Waals surface area contributed by atoms with E-state index in [1.807, 2.05) is 56.3 Å². The molecular weight excluding hydrogens is 468 g/mol. The van der Waals surface area contributed by atoms with E-state index in [0.29, 0.717) is 12.3 Å². The van der Waals surface area contributed by atoms with E-state index in [4.69, 9.17) is 4.74 Å². The molecule has 1 aliphatic rings. The van der Waals surface area contributed by atoms with Crippen LogP contribution in [0.25, 0.3) is 0 Å². The van der Waals surface area contributed by atoms with Crippen molar-refractivity contribution in [3.63, 3.8) is 0 Å². The average Bonchev–Trinajstić information content (AvgIpc) is 2.79. The molecule has 2 aromatic carbocycles. The number of nitrogens with one attached hydrogen (secondary N) is 1. The minimum Gasteiger partial charge on any atom is -0.484 e. The van der Waals surface area contributed by atoms with Crippen molar-refractivity contribution in [3.8, 4) is 5.75 Å². The largest absolute Gasteiger partial charge is 0.484 e. The second kappa shape index (κ2) is 11.5. The molecule has 6 heteroatoms. The van der Waals surface area contributed by atoms with Crippen LogP contribution < -0.4 is 10.1 Å². The van der Waals surface area contributed by atoms with Crippen LogP contribution in [-0.4, -0.2) is 35.4 Å². The SMILES string of the molecule is Cc1cc(OCC(=O)N(Cc2ccccc2C)[C@@H](C)C(=O)NC2CCCCC2)ccc1Br. The Balaban J connectivity index is 1.72. The lowest BCUT2D eigenvalue weighted by Crippen LogP contribution is -2.51. The summed E-state index contributed by atoms with van der Waals surface area (Å²) in [7, 11) is 0. The maximum Gasteiger partial charge on any atom is 0.261 e. The van der Waals surface area contributed by atoms with Gasteiger partial charge in [-0.05, 0) is 68.5 Å². The number of ether oxygens (including phenoxy) is 1. The van der Waals surface area contributed by atoms with E-state index < -0.39 is 6.04 Å². The van der Waals surface area contributed by atoms with Crippen molar-refractivity contribution >= 4 is 27.7 Å². The summed E-state index contributed by atoms with van der Waals surface area (Å²) < 4.78 is 6.78. The zero-order valence-electron chi connectivity index (χ0n) is 19.2. The van der Waals surface area contributed by atoms with Crippen LogP contribution >= 0.6 is 15.9 Å². The highest BCUT2D eigenvalue weighted by molar-refractivity contribution is 9.10. The molecule has 0 bridgehead atoms. The molecule has 172 valence electrons.